The number of likely N-dealkylation sites (tertiary alicyclic amines) is 1. The van der Waals surface area contributed by atoms with Gasteiger partial charge >= 0.3 is 0 Å². The fourth-order valence-corrected chi connectivity index (χ4v) is 2.28. The van der Waals surface area contributed by atoms with Gasteiger partial charge in [-0.05, 0) is 31.5 Å². The van der Waals surface area contributed by atoms with Crippen molar-refractivity contribution in [1.82, 2.24) is 10.2 Å². The summed E-state index contributed by atoms with van der Waals surface area (Å²) in [6.07, 6.45) is 2.61. The van der Waals surface area contributed by atoms with E-state index in [1.165, 1.54) is 17.7 Å². The quantitative estimate of drug-likeness (QED) is 0.838. The molecule has 0 bridgehead atoms. The fourth-order valence-electron chi connectivity index (χ4n) is 2.28. The number of rotatable bonds is 5. The molecule has 1 heterocycles. The summed E-state index contributed by atoms with van der Waals surface area (Å²) in [7, 11) is 0. The lowest BCUT2D eigenvalue weighted by Gasteiger charge is -2.17. The molecule has 3 nitrogen and oxygen atoms in total. The van der Waals surface area contributed by atoms with Crippen LogP contribution in [-0.2, 0) is 11.3 Å². The third-order valence-electron chi connectivity index (χ3n) is 3.66. The average Bonchev–Trinajstić information content (AvgIpc) is 2.79. The molecule has 1 amide bonds. The molecular formula is C16H21FN2O. The molecule has 1 N–H and O–H groups in total. The molecule has 1 aliphatic rings. The molecule has 1 saturated heterocycles. The number of hydrogen-bond acceptors (Lipinski definition) is 2. The monoisotopic (exact) mass is 276 g/mol. The van der Waals surface area contributed by atoms with Crippen molar-refractivity contribution >= 4 is 5.91 Å². The molecule has 4 heteroatoms. The van der Waals surface area contributed by atoms with Gasteiger partial charge in [-0.1, -0.05) is 23.8 Å². The number of carbonyl (C=O) groups is 1. The third kappa shape index (κ3) is 3.90. The van der Waals surface area contributed by atoms with Crippen LogP contribution in [0.25, 0.3) is 0 Å². The first kappa shape index (κ1) is 14.7. The highest BCUT2D eigenvalue weighted by Crippen LogP contribution is 2.15. The maximum absolute atomic E-state index is 12.9. The lowest BCUT2D eigenvalue weighted by molar-refractivity contribution is -0.128. The number of carbonyl (C=O) groups excluding carboxylic acids is 1. The summed E-state index contributed by atoms with van der Waals surface area (Å²) in [6.45, 7) is 6.17. The van der Waals surface area contributed by atoms with Crippen molar-refractivity contribution < 1.29 is 9.18 Å². The first-order valence-corrected chi connectivity index (χ1v) is 6.96. The van der Waals surface area contributed by atoms with Crippen LogP contribution in [0.15, 0.2) is 35.9 Å². The van der Waals surface area contributed by atoms with E-state index in [4.69, 9.17) is 0 Å². The van der Waals surface area contributed by atoms with Crippen molar-refractivity contribution in [2.75, 3.05) is 13.1 Å². The number of nitrogens with one attached hydrogen (secondary N) is 1. The Kier molecular flexibility index (Phi) is 4.90. The van der Waals surface area contributed by atoms with Gasteiger partial charge in [0.2, 0.25) is 5.91 Å². The lowest BCUT2D eigenvalue weighted by Crippen LogP contribution is -2.33. The summed E-state index contributed by atoms with van der Waals surface area (Å²) in [6, 6.07) is 6.53. The van der Waals surface area contributed by atoms with E-state index in [1.807, 2.05) is 11.8 Å². The smallest absolute Gasteiger partial charge is 0.224 e. The highest BCUT2D eigenvalue weighted by molar-refractivity contribution is 5.79. The zero-order valence-corrected chi connectivity index (χ0v) is 12.0. The summed E-state index contributed by atoms with van der Waals surface area (Å²) in [4.78, 5) is 13.8. The van der Waals surface area contributed by atoms with E-state index in [0.29, 0.717) is 19.5 Å². The molecule has 1 atom stereocenters. The van der Waals surface area contributed by atoms with Crippen molar-refractivity contribution in [3.05, 3.63) is 47.3 Å². The molecule has 2 rings (SSSR count). The van der Waals surface area contributed by atoms with Gasteiger partial charge in [0.05, 0.1) is 0 Å². The second-order valence-corrected chi connectivity index (χ2v) is 5.32. The van der Waals surface area contributed by atoms with Crippen molar-refractivity contribution in [3.8, 4) is 0 Å². The summed E-state index contributed by atoms with van der Waals surface area (Å²) in [5, 5.41) is 3.40. The van der Waals surface area contributed by atoms with Gasteiger partial charge in [-0.3, -0.25) is 4.79 Å². The Balaban J connectivity index is 1.87. The standard InChI is InChI=1S/C16H21FN2O/c1-3-12(2)9-18-15-8-16(20)19(11-15)10-13-4-6-14(17)7-5-13/h3-7,15,18H,8-11H2,1-2H3/b12-3+/t15-/m1/s1. The van der Waals surface area contributed by atoms with Crippen LogP contribution in [-0.4, -0.2) is 29.9 Å². The van der Waals surface area contributed by atoms with Gasteiger partial charge < -0.3 is 10.2 Å². The number of hydrogen-bond donors (Lipinski definition) is 1. The third-order valence-corrected chi connectivity index (χ3v) is 3.66. The molecule has 0 aromatic heterocycles. The van der Waals surface area contributed by atoms with E-state index in [9.17, 15) is 9.18 Å². The summed E-state index contributed by atoms with van der Waals surface area (Å²) in [5.74, 6) is -0.0900. The van der Waals surface area contributed by atoms with Gasteiger partial charge in [0.1, 0.15) is 5.82 Å². The van der Waals surface area contributed by atoms with Gasteiger partial charge in [-0.25, -0.2) is 4.39 Å². The molecular weight excluding hydrogens is 255 g/mol. The normalized spacial score (nSPS) is 19.8. The van der Waals surface area contributed by atoms with Crippen LogP contribution in [0.3, 0.4) is 0 Å². The van der Waals surface area contributed by atoms with Crippen LogP contribution in [0.1, 0.15) is 25.8 Å². The van der Waals surface area contributed by atoms with Crippen LogP contribution in [0.4, 0.5) is 4.39 Å². The zero-order chi connectivity index (χ0) is 14.5. The zero-order valence-electron chi connectivity index (χ0n) is 12.0. The first-order chi connectivity index (χ1) is 9.58. The Morgan fingerprint density at radius 1 is 1.45 bits per heavy atom. The van der Waals surface area contributed by atoms with E-state index in [0.717, 1.165) is 12.1 Å². The highest BCUT2D eigenvalue weighted by Gasteiger charge is 2.28. The number of halogens is 1. The van der Waals surface area contributed by atoms with Crippen molar-refractivity contribution in [3.63, 3.8) is 0 Å². The van der Waals surface area contributed by atoms with E-state index in [-0.39, 0.29) is 17.8 Å². The topological polar surface area (TPSA) is 32.3 Å². The molecule has 0 saturated carbocycles. The predicted molar refractivity (Wildman–Crippen MR) is 77.7 cm³/mol. The SMILES string of the molecule is C/C=C(\C)CN[C@@H]1CC(=O)N(Cc2ccc(F)cc2)C1. The lowest BCUT2D eigenvalue weighted by atomic mass is 10.2. The highest BCUT2D eigenvalue weighted by atomic mass is 19.1. The van der Waals surface area contributed by atoms with Crippen molar-refractivity contribution in [2.45, 2.75) is 32.9 Å². The van der Waals surface area contributed by atoms with Gasteiger partial charge in [-0.15, -0.1) is 0 Å². The van der Waals surface area contributed by atoms with E-state index >= 15 is 0 Å². The molecule has 0 aliphatic carbocycles. The largest absolute Gasteiger partial charge is 0.337 e. The number of amides is 1. The van der Waals surface area contributed by atoms with Crippen LogP contribution >= 0.6 is 0 Å². The molecule has 108 valence electrons. The van der Waals surface area contributed by atoms with Gasteiger partial charge in [0, 0.05) is 32.1 Å². The minimum atomic E-state index is -0.247. The number of benzene rings is 1. The Morgan fingerprint density at radius 2 is 2.15 bits per heavy atom. The Morgan fingerprint density at radius 3 is 2.80 bits per heavy atom. The molecule has 1 aromatic carbocycles. The van der Waals surface area contributed by atoms with E-state index in [1.54, 1.807) is 12.1 Å². The summed E-state index contributed by atoms with van der Waals surface area (Å²) >= 11 is 0. The van der Waals surface area contributed by atoms with Gasteiger partial charge in [0.25, 0.3) is 0 Å². The molecule has 1 aromatic rings. The van der Waals surface area contributed by atoms with Crippen LogP contribution in [0.2, 0.25) is 0 Å². The average molecular weight is 276 g/mol. The van der Waals surface area contributed by atoms with Crippen LogP contribution in [0.5, 0.6) is 0 Å². The number of allylic oxidation sites excluding steroid dienone is 1. The molecule has 0 unspecified atom stereocenters. The van der Waals surface area contributed by atoms with Gasteiger partial charge in [0.15, 0.2) is 0 Å². The Hall–Kier alpha value is -1.68. The van der Waals surface area contributed by atoms with Crippen LogP contribution in [0, 0.1) is 5.82 Å². The van der Waals surface area contributed by atoms with Crippen molar-refractivity contribution in [1.29, 1.82) is 0 Å². The van der Waals surface area contributed by atoms with Crippen LogP contribution < -0.4 is 5.32 Å². The number of nitrogens with zero attached hydrogens (tertiary/aromatic N) is 1. The maximum atomic E-state index is 12.9. The molecule has 1 fully saturated rings. The molecule has 1 aliphatic heterocycles. The second kappa shape index (κ2) is 6.66. The van der Waals surface area contributed by atoms with E-state index < -0.39 is 0 Å². The van der Waals surface area contributed by atoms with Crippen molar-refractivity contribution in [2.24, 2.45) is 0 Å². The minimum absolute atomic E-state index is 0.157. The molecule has 20 heavy (non-hydrogen) atoms. The Bertz CT molecular complexity index is 496. The second-order valence-electron chi connectivity index (χ2n) is 5.32. The van der Waals surface area contributed by atoms with E-state index in [2.05, 4.69) is 18.3 Å². The molecule has 0 spiro atoms. The van der Waals surface area contributed by atoms with Gasteiger partial charge in [-0.2, -0.15) is 0 Å². The fraction of sp³-hybridized carbons (Fsp3) is 0.438. The first-order valence-electron chi connectivity index (χ1n) is 6.96. The predicted octanol–water partition coefficient (Wildman–Crippen LogP) is 2.48. The summed E-state index contributed by atoms with van der Waals surface area (Å²) < 4.78 is 12.9. The maximum Gasteiger partial charge on any atom is 0.224 e. The Labute approximate surface area is 119 Å². The molecule has 0 radical (unpaired) electrons. The summed E-state index contributed by atoms with van der Waals surface area (Å²) in [5.41, 5.74) is 2.24. The minimum Gasteiger partial charge on any atom is -0.337 e.